The molecule has 1 aliphatic rings. The third kappa shape index (κ3) is 2.33. The molecule has 0 radical (unpaired) electrons. The van der Waals surface area contributed by atoms with Crippen LogP contribution in [0, 0.1) is 17.2 Å². The van der Waals surface area contributed by atoms with Crippen LogP contribution in [0.5, 0.6) is 0 Å². The molecule has 0 saturated carbocycles. The quantitative estimate of drug-likeness (QED) is 0.800. The maximum absolute atomic E-state index is 12.3. The van der Waals surface area contributed by atoms with Crippen LogP contribution in [-0.4, -0.2) is 25.8 Å². The summed E-state index contributed by atoms with van der Waals surface area (Å²) in [6, 6.07) is 8.13. The second-order valence-corrected chi connectivity index (χ2v) is 6.33. The number of nitriles is 1. The van der Waals surface area contributed by atoms with E-state index >= 15 is 0 Å². The summed E-state index contributed by atoms with van der Waals surface area (Å²) in [4.78, 5) is 0.214. The Hall–Kier alpha value is -1.38. The van der Waals surface area contributed by atoms with Gasteiger partial charge in [0.25, 0.3) is 0 Å². The Morgan fingerprint density at radius 1 is 1.47 bits per heavy atom. The predicted octanol–water partition coefficient (Wildman–Crippen LogP) is 1.59. The maximum atomic E-state index is 12.3. The molecule has 0 aliphatic carbocycles. The van der Waals surface area contributed by atoms with Crippen molar-refractivity contribution in [3.8, 4) is 6.07 Å². The van der Waals surface area contributed by atoms with Crippen LogP contribution in [0.15, 0.2) is 29.2 Å². The highest BCUT2D eigenvalue weighted by Gasteiger charge is 2.30. The van der Waals surface area contributed by atoms with E-state index in [9.17, 15) is 8.42 Å². The molecule has 0 aromatic heterocycles. The molecular weight excluding hydrogens is 236 g/mol. The molecule has 4 nitrogen and oxygen atoms in total. The first kappa shape index (κ1) is 12.1. The first-order chi connectivity index (χ1) is 8.04. The zero-order chi connectivity index (χ0) is 12.5. The number of sulfonamides is 1. The standard InChI is InChI=1S/C12H14N2O2S/c1-10-5-6-14(9-10)17(15,16)12-4-2-3-11(7-12)8-13/h2-4,7,10H,5-6,9H2,1H3/t10-/m1/s1. The molecule has 2 rings (SSSR count). The molecule has 0 unspecified atom stereocenters. The average Bonchev–Trinajstić information content (AvgIpc) is 2.76. The van der Waals surface area contributed by atoms with Crippen LogP contribution in [0.25, 0.3) is 0 Å². The summed E-state index contributed by atoms with van der Waals surface area (Å²) < 4.78 is 26.0. The fourth-order valence-corrected chi connectivity index (χ4v) is 3.61. The summed E-state index contributed by atoms with van der Waals surface area (Å²) >= 11 is 0. The summed E-state index contributed by atoms with van der Waals surface area (Å²) in [6.45, 7) is 3.18. The molecule has 1 aliphatic heterocycles. The second kappa shape index (κ2) is 4.47. The van der Waals surface area contributed by atoms with Crippen LogP contribution in [0.1, 0.15) is 18.9 Å². The lowest BCUT2D eigenvalue weighted by Gasteiger charge is -2.15. The van der Waals surface area contributed by atoms with E-state index < -0.39 is 10.0 Å². The Kier molecular flexibility index (Phi) is 3.18. The minimum atomic E-state index is -3.42. The van der Waals surface area contributed by atoms with Crippen molar-refractivity contribution >= 4 is 10.0 Å². The molecule has 90 valence electrons. The van der Waals surface area contributed by atoms with E-state index in [1.165, 1.54) is 10.4 Å². The Labute approximate surface area is 102 Å². The number of hydrogen-bond acceptors (Lipinski definition) is 3. The first-order valence-corrected chi connectivity index (χ1v) is 6.98. The van der Waals surface area contributed by atoms with Crippen LogP contribution >= 0.6 is 0 Å². The molecular formula is C12H14N2O2S. The molecule has 1 fully saturated rings. The van der Waals surface area contributed by atoms with Crippen molar-refractivity contribution in [2.75, 3.05) is 13.1 Å². The van der Waals surface area contributed by atoms with Crippen LogP contribution in [0.2, 0.25) is 0 Å². The third-order valence-electron chi connectivity index (χ3n) is 2.99. The normalized spacial score (nSPS) is 21.3. The lowest BCUT2D eigenvalue weighted by Crippen LogP contribution is -2.28. The van der Waals surface area contributed by atoms with Crippen molar-refractivity contribution in [3.05, 3.63) is 29.8 Å². The fraction of sp³-hybridized carbons (Fsp3) is 0.417. The molecule has 5 heteroatoms. The van der Waals surface area contributed by atoms with E-state index in [1.807, 2.05) is 13.0 Å². The Balaban J connectivity index is 2.35. The summed E-state index contributed by atoms with van der Waals surface area (Å²) in [7, 11) is -3.42. The minimum Gasteiger partial charge on any atom is -0.207 e. The van der Waals surface area contributed by atoms with Crippen LogP contribution in [-0.2, 0) is 10.0 Å². The SMILES string of the molecule is C[C@@H]1CCN(S(=O)(=O)c2cccc(C#N)c2)C1. The molecule has 1 saturated heterocycles. The zero-order valence-corrected chi connectivity index (χ0v) is 10.4. The van der Waals surface area contributed by atoms with Gasteiger partial charge in [-0.2, -0.15) is 9.57 Å². The van der Waals surface area contributed by atoms with Crippen molar-refractivity contribution in [2.24, 2.45) is 5.92 Å². The van der Waals surface area contributed by atoms with Crippen LogP contribution in [0.3, 0.4) is 0 Å². The topological polar surface area (TPSA) is 61.2 Å². The summed E-state index contributed by atoms with van der Waals surface area (Å²) in [5.74, 6) is 0.406. The molecule has 17 heavy (non-hydrogen) atoms. The van der Waals surface area contributed by atoms with E-state index in [-0.39, 0.29) is 4.90 Å². The minimum absolute atomic E-state index is 0.214. The Morgan fingerprint density at radius 3 is 2.82 bits per heavy atom. The van der Waals surface area contributed by atoms with Crippen molar-refractivity contribution in [1.82, 2.24) is 4.31 Å². The monoisotopic (exact) mass is 250 g/mol. The van der Waals surface area contributed by atoms with Gasteiger partial charge in [0.2, 0.25) is 10.0 Å². The van der Waals surface area contributed by atoms with E-state index in [0.717, 1.165) is 6.42 Å². The van der Waals surface area contributed by atoms with Crippen molar-refractivity contribution in [2.45, 2.75) is 18.2 Å². The first-order valence-electron chi connectivity index (χ1n) is 5.54. The van der Waals surface area contributed by atoms with Gasteiger partial charge in [0, 0.05) is 13.1 Å². The Bertz CT molecular complexity index is 560. The average molecular weight is 250 g/mol. The summed E-state index contributed by atoms with van der Waals surface area (Å²) in [6.07, 6.45) is 0.900. The number of nitrogens with zero attached hydrogens (tertiary/aromatic N) is 2. The fourth-order valence-electron chi connectivity index (χ4n) is 1.99. The number of benzene rings is 1. The van der Waals surface area contributed by atoms with Gasteiger partial charge < -0.3 is 0 Å². The highest BCUT2D eigenvalue weighted by Crippen LogP contribution is 2.24. The number of hydrogen-bond donors (Lipinski definition) is 0. The van der Waals surface area contributed by atoms with Crippen molar-refractivity contribution in [1.29, 1.82) is 5.26 Å². The van der Waals surface area contributed by atoms with E-state index in [2.05, 4.69) is 0 Å². The van der Waals surface area contributed by atoms with Crippen molar-refractivity contribution < 1.29 is 8.42 Å². The summed E-state index contributed by atoms with van der Waals surface area (Å²) in [5.41, 5.74) is 0.373. The Morgan fingerprint density at radius 2 is 2.24 bits per heavy atom. The lowest BCUT2D eigenvalue weighted by molar-refractivity contribution is 0.464. The smallest absolute Gasteiger partial charge is 0.207 e. The van der Waals surface area contributed by atoms with Gasteiger partial charge in [-0.3, -0.25) is 0 Å². The highest BCUT2D eigenvalue weighted by molar-refractivity contribution is 7.89. The summed E-state index contributed by atoms with van der Waals surface area (Å²) in [5, 5.41) is 8.78. The van der Waals surface area contributed by atoms with Gasteiger partial charge in [0.05, 0.1) is 16.5 Å². The van der Waals surface area contributed by atoms with Gasteiger partial charge in [0.15, 0.2) is 0 Å². The van der Waals surface area contributed by atoms with Gasteiger partial charge in [-0.05, 0) is 30.5 Å². The van der Waals surface area contributed by atoms with Gasteiger partial charge in [0.1, 0.15) is 0 Å². The van der Waals surface area contributed by atoms with Gasteiger partial charge in [-0.25, -0.2) is 8.42 Å². The molecule has 1 aromatic carbocycles. The van der Waals surface area contributed by atoms with Crippen molar-refractivity contribution in [3.63, 3.8) is 0 Å². The van der Waals surface area contributed by atoms with E-state index in [4.69, 9.17) is 5.26 Å². The van der Waals surface area contributed by atoms with Crippen LogP contribution in [0.4, 0.5) is 0 Å². The van der Waals surface area contributed by atoms with Crippen LogP contribution < -0.4 is 0 Å². The van der Waals surface area contributed by atoms with Gasteiger partial charge in [-0.15, -0.1) is 0 Å². The zero-order valence-electron chi connectivity index (χ0n) is 9.63. The van der Waals surface area contributed by atoms with E-state index in [1.54, 1.807) is 18.2 Å². The molecule has 0 amide bonds. The lowest BCUT2D eigenvalue weighted by atomic mass is 10.2. The molecule has 1 heterocycles. The molecule has 0 spiro atoms. The number of rotatable bonds is 2. The largest absolute Gasteiger partial charge is 0.243 e. The van der Waals surface area contributed by atoms with E-state index in [0.29, 0.717) is 24.6 Å². The predicted molar refractivity (Wildman–Crippen MR) is 63.7 cm³/mol. The maximum Gasteiger partial charge on any atom is 0.243 e. The van der Waals surface area contributed by atoms with Gasteiger partial charge in [-0.1, -0.05) is 13.0 Å². The second-order valence-electron chi connectivity index (χ2n) is 4.40. The molecule has 0 bridgehead atoms. The molecule has 1 aromatic rings. The molecule has 1 atom stereocenters. The molecule has 0 N–H and O–H groups in total. The third-order valence-corrected chi connectivity index (χ3v) is 4.85. The highest BCUT2D eigenvalue weighted by atomic mass is 32.2. The van der Waals surface area contributed by atoms with Gasteiger partial charge >= 0.3 is 0 Å².